The number of carbonyl (C=O) groups is 2. The molecule has 20 heavy (non-hydrogen) atoms. The van der Waals surface area contributed by atoms with Gasteiger partial charge in [-0.15, -0.1) is 0 Å². The minimum atomic E-state index is -0.867. The smallest absolute Gasteiger partial charge is 0.310 e. The van der Waals surface area contributed by atoms with Crippen molar-refractivity contribution in [2.75, 3.05) is 6.54 Å². The molecule has 5 heteroatoms. The second kappa shape index (κ2) is 6.06. The molecule has 0 radical (unpaired) electrons. The van der Waals surface area contributed by atoms with Crippen LogP contribution in [0.2, 0.25) is 0 Å². The maximum Gasteiger partial charge on any atom is 0.310 e. The number of thiol groups is 1. The van der Waals surface area contributed by atoms with Crippen molar-refractivity contribution < 1.29 is 14.7 Å². The van der Waals surface area contributed by atoms with E-state index in [0.717, 1.165) is 25.8 Å². The van der Waals surface area contributed by atoms with Crippen molar-refractivity contribution >= 4 is 24.4 Å². The van der Waals surface area contributed by atoms with Gasteiger partial charge in [0.25, 0.3) is 0 Å². The lowest BCUT2D eigenvalue weighted by molar-refractivity contribution is -0.151. The van der Waals surface area contributed by atoms with Gasteiger partial charge in [0.15, 0.2) is 5.78 Å². The maximum absolute atomic E-state index is 12.6. The second-order valence-electron chi connectivity index (χ2n) is 6.90. The molecule has 4 nitrogen and oxygen atoms in total. The highest BCUT2D eigenvalue weighted by molar-refractivity contribution is 7.81. The van der Waals surface area contributed by atoms with Crippen molar-refractivity contribution in [3.63, 3.8) is 0 Å². The standard InChI is InChI=1S/C15H27NO3S/c1-6-14(2,3)11(17)12(20)16-9-7-8-10(16)15(4,5)13(18)19/h10,12,20H,6-9H2,1-5H3,(H,18,19)/t10-,12-/m0/s1. The molecule has 1 heterocycles. The number of carboxylic acids is 1. The predicted octanol–water partition coefficient (Wildman–Crippen LogP) is 2.82. The van der Waals surface area contributed by atoms with Crippen LogP contribution in [0, 0.1) is 10.8 Å². The zero-order chi connectivity index (χ0) is 15.7. The van der Waals surface area contributed by atoms with E-state index in [1.54, 1.807) is 13.8 Å². The first-order valence-corrected chi connectivity index (χ1v) is 7.79. The zero-order valence-electron chi connectivity index (χ0n) is 13.1. The molecule has 0 aliphatic carbocycles. The van der Waals surface area contributed by atoms with Crippen molar-refractivity contribution in [2.24, 2.45) is 10.8 Å². The van der Waals surface area contributed by atoms with Gasteiger partial charge in [-0.3, -0.25) is 14.5 Å². The molecule has 0 saturated carbocycles. The van der Waals surface area contributed by atoms with Gasteiger partial charge < -0.3 is 5.11 Å². The Balaban J connectivity index is 2.95. The third-order valence-corrected chi connectivity index (χ3v) is 5.31. The number of hydrogen-bond donors (Lipinski definition) is 2. The van der Waals surface area contributed by atoms with E-state index < -0.39 is 22.2 Å². The Hall–Kier alpha value is -0.550. The van der Waals surface area contributed by atoms with Crippen LogP contribution in [0.5, 0.6) is 0 Å². The number of carboxylic acid groups (broad SMARTS) is 1. The lowest BCUT2D eigenvalue weighted by atomic mass is 9.81. The summed E-state index contributed by atoms with van der Waals surface area (Å²) in [5.74, 6) is -0.742. The molecular formula is C15H27NO3S. The fraction of sp³-hybridized carbons (Fsp3) is 0.867. The molecule has 2 atom stereocenters. The summed E-state index contributed by atoms with van der Waals surface area (Å²) in [7, 11) is 0. The van der Waals surface area contributed by atoms with Crippen LogP contribution in [-0.2, 0) is 9.59 Å². The molecule has 1 aliphatic heterocycles. The van der Waals surface area contributed by atoms with E-state index in [9.17, 15) is 14.7 Å². The summed E-state index contributed by atoms with van der Waals surface area (Å²) in [6.07, 6.45) is 2.47. The molecule has 1 fully saturated rings. The fourth-order valence-corrected chi connectivity index (χ4v) is 3.30. The average Bonchev–Trinajstić information content (AvgIpc) is 2.86. The third-order valence-electron chi connectivity index (χ3n) is 4.78. The highest BCUT2D eigenvalue weighted by Gasteiger charge is 2.47. The van der Waals surface area contributed by atoms with Crippen molar-refractivity contribution in [2.45, 2.75) is 65.3 Å². The van der Waals surface area contributed by atoms with Gasteiger partial charge >= 0.3 is 5.97 Å². The average molecular weight is 301 g/mol. The predicted molar refractivity (Wildman–Crippen MR) is 83.0 cm³/mol. The summed E-state index contributed by atoms with van der Waals surface area (Å²) in [6.45, 7) is 10.0. The molecule has 116 valence electrons. The van der Waals surface area contributed by atoms with Crippen LogP contribution in [0.3, 0.4) is 0 Å². The molecule has 1 N–H and O–H groups in total. The molecule has 0 unspecified atom stereocenters. The number of hydrogen-bond acceptors (Lipinski definition) is 4. The van der Waals surface area contributed by atoms with Crippen molar-refractivity contribution in [3.8, 4) is 0 Å². The van der Waals surface area contributed by atoms with Gasteiger partial charge in [-0.2, -0.15) is 12.6 Å². The van der Waals surface area contributed by atoms with Crippen LogP contribution in [-0.4, -0.2) is 39.7 Å². The van der Waals surface area contributed by atoms with E-state index in [1.165, 1.54) is 0 Å². The molecule has 1 rings (SSSR count). The molecule has 0 spiro atoms. The summed E-state index contributed by atoms with van der Waals surface area (Å²) in [4.78, 5) is 26.0. The topological polar surface area (TPSA) is 57.6 Å². The van der Waals surface area contributed by atoms with Gasteiger partial charge in [0.1, 0.15) is 5.37 Å². The zero-order valence-corrected chi connectivity index (χ0v) is 14.0. The van der Waals surface area contributed by atoms with E-state index in [4.69, 9.17) is 0 Å². The minimum absolute atomic E-state index is 0.0800. The van der Waals surface area contributed by atoms with Gasteiger partial charge in [0, 0.05) is 18.0 Å². The molecule has 0 bridgehead atoms. The summed E-state index contributed by atoms with van der Waals surface area (Å²) < 4.78 is 0. The van der Waals surface area contributed by atoms with E-state index in [0.29, 0.717) is 0 Å². The number of ketones is 1. The minimum Gasteiger partial charge on any atom is -0.481 e. The van der Waals surface area contributed by atoms with E-state index in [-0.39, 0.29) is 11.8 Å². The van der Waals surface area contributed by atoms with Crippen molar-refractivity contribution in [1.29, 1.82) is 0 Å². The highest BCUT2D eigenvalue weighted by Crippen LogP contribution is 2.37. The first kappa shape index (κ1) is 17.5. The third kappa shape index (κ3) is 3.19. The van der Waals surface area contributed by atoms with Crippen LogP contribution in [0.25, 0.3) is 0 Å². The lowest BCUT2D eigenvalue weighted by Crippen LogP contribution is -2.52. The van der Waals surface area contributed by atoms with Crippen molar-refractivity contribution in [3.05, 3.63) is 0 Å². The molecule has 0 aromatic heterocycles. The summed E-state index contributed by atoms with van der Waals surface area (Å²) in [5.41, 5.74) is -1.29. The number of likely N-dealkylation sites (tertiary alicyclic amines) is 1. The Morgan fingerprint density at radius 3 is 2.35 bits per heavy atom. The largest absolute Gasteiger partial charge is 0.481 e. The number of aliphatic carboxylic acids is 1. The van der Waals surface area contributed by atoms with Gasteiger partial charge in [-0.05, 0) is 33.1 Å². The molecule has 1 aliphatic rings. The molecular weight excluding hydrogens is 274 g/mol. The Morgan fingerprint density at radius 1 is 1.35 bits per heavy atom. The summed E-state index contributed by atoms with van der Waals surface area (Å²) >= 11 is 4.51. The molecule has 0 aromatic rings. The SMILES string of the molecule is CCC(C)(C)C(=O)[C@H](S)N1CCC[C@H]1C(C)(C)C(=O)O. The lowest BCUT2D eigenvalue weighted by Gasteiger charge is -2.39. The number of nitrogens with zero attached hydrogens (tertiary/aromatic N) is 1. The van der Waals surface area contributed by atoms with Gasteiger partial charge in [-0.25, -0.2) is 0 Å². The van der Waals surface area contributed by atoms with E-state index in [2.05, 4.69) is 12.6 Å². The molecule has 1 saturated heterocycles. The summed E-state index contributed by atoms with van der Waals surface area (Å²) in [5, 5.41) is 8.89. The summed E-state index contributed by atoms with van der Waals surface area (Å²) in [6, 6.07) is -0.140. The number of rotatable bonds is 6. The van der Waals surface area contributed by atoms with Crippen molar-refractivity contribution in [1.82, 2.24) is 4.90 Å². The monoisotopic (exact) mass is 301 g/mol. The van der Waals surface area contributed by atoms with Gasteiger partial charge in [0.05, 0.1) is 5.41 Å². The Morgan fingerprint density at radius 2 is 1.90 bits per heavy atom. The highest BCUT2D eigenvalue weighted by atomic mass is 32.1. The Bertz CT molecular complexity index is 393. The van der Waals surface area contributed by atoms with E-state index >= 15 is 0 Å². The maximum atomic E-state index is 12.6. The normalized spacial score (nSPS) is 22.8. The van der Waals surface area contributed by atoms with Crippen LogP contribution in [0.1, 0.15) is 53.9 Å². The molecule has 0 aromatic carbocycles. The molecule has 0 amide bonds. The number of Topliss-reactive ketones (excluding diaryl/α,β-unsaturated/α-hetero) is 1. The van der Waals surface area contributed by atoms with Crippen LogP contribution in [0.4, 0.5) is 0 Å². The quantitative estimate of drug-likeness (QED) is 0.741. The number of carbonyl (C=O) groups excluding carboxylic acids is 1. The second-order valence-corrected chi connectivity index (χ2v) is 7.39. The van der Waals surface area contributed by atoms with Crippen LogP contribution >= 0.6 is 12.6 Å². The van der Waals surface area contributed by atoms with Gasteiger partial charge in [-0.1, -0.05) is 20.8 Å². The Labute approximate surface area is 127 Å². The first-order chi connectivity index (χ1) is 9.05. The fourth-order valence-electron chi connectivity index (χ4n) is 2.67. The van der Waals surface area contributed by atoms with E-state index in [1.807, 2.05) is 25.7 Å². The van der Waals surface area contributed by atoms with Crippen LogP contribution in [0.15, 0.2) is 0 Å². The van der Waals surface area contributed by atoms with Gasteiger partial charge in [0.2, 0.25) is 0 Å². The van der Waals surface area contributed by atoms with Crippen LogP contribution < -0.4 is 0 Å². The first-order valence-electron chi connectivity index (χ1n) is 7.27. The Kier molecular flexibility index (Phi) is 5.30.